The van der Waals surface area contributed by atoms with E-state index in [0.717, 1.165) is 25.9 Å². The number of methoxy groups -OCH3 is 3. The normalized spacial score (nSPS) is 15.5. The lowest BCUT2D eigenvalue weighted by Gasteiger charge is -2.23. The van der Waals surface area contributed by atoms with Gasteiger partial charge in [0.1, 0.15) is 0 Å². The average Bonchev–Trinajstić information content (AvgIpc) is 3.04. The molecule has 1 amide bonds. The van der Waals surface area contributed by atoms with Crippen molar-refractivity contribution in [2.45, 2.75) is 43.1 Å². The van der Waals surface area contributed by atoms with E-state index in [-0.39, 0.29) is 11.2 Å². The smallest absolute Gasteiger partial charge is 0.277 e. The summed E-state index contributed by atoms with van der Waals surface area (Å²) in [5.41, 5.74) is 0.644. The Balaban J connectivity index is 1.74. The van der Waals surface area contributed by atoms with Gasteiger partial charge in [-0.1, -0.05) is 24.6 Å². The predicted molar refractivity (Wildman–Crippen MR) is 110 cm³/mol. The van der Waals surface area contributed by atoms with Crippen molar-refractivity contribution < 1.29 is 23.4 Å². The molecule has 9 heteroatoms. The molecule has 158 valence electrons. The monoisotopic (exact) mass is 421 g/mol. The second-order valence-corrected chi connectivity index (χ2v) is 8.08. The van der Waals surface area contributed by atoms with Gasteiger partial charge >= 0.3 is 0 Å². The molecular weight excluding hydrogens is 394 g/mol. The van der Waals surface area contributed by atoms with E-state index >= 15 is 0 Å². The number of rotatable bonds is 7. The Morgan fingerprint density at radius 3 is 2.21 bits per heavy atom. The Morgan fingerprint density at radius 2 is 1.66 bits per heavy atom. The largest absolute Gasteiger partial charge is 0.493 e. The zero-order valence-corrected chi connectivity index (χ0v) is 18.1. The molecule has 29 heavy (non-hydrogen) atoms. The zero-order chi connectivity index (χ0) is 20.8. The second kappa shape index (κ2) is 9.87. The van der Waals surface area contributed by atoms with E-state index in [4.69, 9.17) is 18.6 Å². The molecule has 0 aliphatic carbocycles. The highest BCUT2D eigenvalue weighted by Gasteiger charge is 2.25. The lowest BCUT2D eigenvalue weighted by Crippen LogP contribution is -2.37. The first-order chi connectivity index (χ1) is 14.1. The lowest BCUT2D eigenvalue weighted by atomic mass is 10.2. The number of carbonyl (C=O) groups excluding carboxylic acids is 1. The standard InChI is InChI=1S/C20H27N3O5S/c1-13(19(24)23-9-7-5-6-8-10-23)29-20-22-21-18(28-20)14-11-15(25-2)17(27-4)16(12-14)26-3/h11-13H,5-10H2,1-4H3/t13-/m0/s1. The first-order valence-corrected chi connectivity index (χ1v) is 10.5. The SMILES string of the molecule is COc1cc(-c2nnc(S[C@@H](C)C(=O)N3CCCCCC3)o2)cc(OC)c1OC. The maximum atomic E-state index is 12.7. The number of carbonyl (C=O) groups is 1. The van der Waals surface area contributed by atoms with E-state index in [0.29, 0.717) is 33.9 Å². The minimum atomic E-state index is -0.290. The van der Waals surface area contributed by atoms with Gasteiger partial charge in [0.05, 0.1) is 26.6 Å². The van der Waals surface area contributed by atoms with Gasteiger partial charge in [0, 0.05) is 18.7 Å². The molecule has 0 saturated carbocycles. The molecule has 0 radical (unpaired) electrons. The van der Waals surface area contributed by atoms with E-state index in [1.54, 1.807) is 33.5 Å². The third-order valence-electron chi connectivity index (χ3n) is 4.86. The molecule has 1 fully saturated rings. The number of nitrogens with zero attached hydrogens (tertiary/aromatic N) is 3. The van der Waals surface area contributed by atoms with Crippen LogP contribution in [0.25, 0.3) is 11.5 Å². The third-order valence-corrected chi connectivity index (χ3v) is 5.78. The highest BCUT2D eigenvalue weighted by atomic mass is 32.2. The Labute approximate surface area is 174 Å². The predicted octanol–water partition coefficient (Wildman–Crippen LogP) is 3.65. The fourth-order valence-electron chi connectivity index (χ4n) is 3.33. The summed E-state index contributed by atoms with van der Waals surface area (Å²) >= 11 is 1.28. The van der Waals surface area contributed by atoms with Gasteiger partial charge in [-0.3, -0.25) is 4.79 Å². The molecule has 2 heterocycles. The van der Waals surface area contributed by atoms with Crippen molar-refractivity contribution in [2.75, 3.05) is 34.4 Å². The summed E-state index contributed by atoms with van der Waals surface area (Å²) in [6, 6.07) is 3.49. The fourth-order valence-corrected chi connectivity index (χ4v) is 4.10. The first kappa shape index (κ1) is 21.3. The molecule has 0 unspecified atom stereocenters. The topological polar surface area (TPSA) is 86.9 Å². The maximum absolute atomic E-state index is 12.7. The Hall–Kier alpha value is -2.42. The van der Waals surface area contributed by atoms with E-state index in [1.165, 1.54) is 24.6 Å². The van der Waals surface area contributed by atoms with Gasteiger partial charge in [0.2, 0.25) is 17.5 Å². The van der Waals surface area contributed by atoms with Crippen molar-refractivity contribution in [3.63, 3.8) is 0 Å². The van der Waals surface area contributed by atoms with Crippen molar-refractivity contribution >= 4 is 17.7 Å². The molecule has 1 aromatic heterocycles. The maximum Gasteiger partial charge on any atom is 0.277 e. The van der Waals surface area contributed by atoms with Crippen LogP contribution < -0.4 is 14.2 Å². The minimum absolute atomic E-state index is 0.115. The number of benzene rings is 1. The molecule has 8 nitrogen and oxygen atoms in total. The van der Waals surface area contributed by atoms with Crippen LogP contribution in [-0.4, -0.2) is 60.7 Å². The van der Waals surface area contributed by atoms with Crippen molar-refractivity contribution in [3.05, 3.63) is 12.1 Å². The molecule has 2 aromatic rings. The molecule has 0 bridgehead atoms. The average molecular weight is 422 g/mol. The van der Waals surface area contributed by atoms with Gasteiger partial charge < -0.3 is 23.5 Å². The molecule has 1 aliphatic heterocycles. The number of likely N-dealkylation sites (tertiary alicyclic amines) is 1. The van der Waals surface area contributed by atoms with Crippen LogP contribution in [-0.2, 0) is 4.79 Å². The number of hydrogen-bond acceptors (Lipinski definition) is 8. The van der Waals surface area contributed by atoms with Crippen LogP contribution in [0.2, 0.25) is 0 Å². The first-order valence-electron chi connectivity index (χ1n) is 9.66. The summed E-state index contributed by atoms with van der Waals surface area (Å²) in [7, 11) is 4.64. The molecule has 3 rings (SSSR count). The van der Waals surface area contributed by atoms with Gasteiger partial charge in [0.25, 0.3) is 5.22 Å². The quantitative estimate of drug-likeness (QED) is 0.626. The van der Waals surface area contributed by atoms with Gasteiger partial charge in [-0.05, 0) is 31.9 Å². The number of amides is 1. The van der Waals surface area contributed by atoms with Crippen LogP contribution in [0, 0.1) is 0 Å². The second-order valence-electron chi connectivity index (χ2n) is 6.79. The van der Waals surface area contributed by atoms with Gasteiger partial charge in [-0.15, -0.1) is 10.2 Å². The lowest BCUT2D eigenvalue weighted by molar-refractivity contribution is -0.130. The molecular formula is C20H27N3O5S. The van der Waals surface area contributed by atoms with E-state index in [9.17, 15) is 4.79 Å². The summed E-state index contributed by atoms with van der Waals surface area (Å²) in [5, 5.41) is 8.27. The van der Waals surface area contributed by atoms with Gasteiger partial charge in [0.15, 0.2) is 11.5 Å². The van der Waals surface area contributed by atoms with Crippen LogP contribution in [0.3, 0.4) is 0 Å². The summed E-state index contributed by atoms with van der Waals surface area (Å²) in [6.07, 6.45) is 4.50. The molecule has 1 aliphatic rings. The highest BCUT2D eigenvalue weighted by Crippen LogP contribution is 2.41. The molecule has 1 saturated heterocycles. The van der Waals surface area contributed by atoms with Crippen molar-refractivity contribution in [1.82, 2.24) is 15.1 Å². The minimum Gasteiger partial charge on any atom is -0.493 e. The third kappa shape index (κ3) is 4.95. The van der Waals surface area contributed by atoms with Crippen LogP contribution >= 0.6 is 11.8 Å². The molecule has 1 aromatic carbocycles. The summed E-state index contributed by atoms with van der Waals surface area (Å²) in [6.45, 7) is 3.52. The molecule has 0 spiro atoms. The van der Waals surface area contributed by atoms with Crippen LogP contribution in [0.15, 0.2) is 21.8 Å². The van der Waals surface area contributed by atoms with Crippen LogP contribution in [0.1, 0.15) is 32.6 Å². The van der Waals surface area contributed by atoms with Crippen LogP contribution in [0.4, 0.5) is 0 Å². The van der Waals surface area contributed by atoms with E-state index in [2.05, 4.69) is 10.2 Å². The van der Waals surface area contributed by atoms with Gasteiger partial charge in [-0.2, -0.15) is 0 Å². The summed E-state index contributed by atoms with van der Waals surface area (Å²) in [4.78, 5) is 14.7. The Kier molecular flexibility index (Phi) is 7.24. The van der Waals surface area contributed by atoms with Crippen molar-refractivity contribution in [1.29, 1.82) is 0 Å². The van der Waals surface area contributed by atoms with Crippen molar-refractivity contribution in [3.8, 4) is 28.7 Å². The number of aromatic nitrogens is 2. The molecule has 0 N–H and O–H groups in total. The van der Waals surface area contributed by atoms with Crippen LogP contribution in [0.5, 0.6) is 17.2 Å². The Bertz CT molecular complexity index is 808. The number of ether oxygens (including phenoxy) is 3. The summed E-state index contributed by atoms with van der Waals surface area (Å²) < 4.78 is 21.9. The summed E-state index contributed by atoms with van der Waals surface area (Å²) in [5.74, 6) is 1.92. The zero-order valence-electron chi connectivity index (χ0n) is 17.3. The fraction of sp³-hybridized carbons (Fsp3) is 0.550. The highest BCUT2D eigenvalue weighted by molar-refractivity contribution is 8.00. The Morgan fingerprint density at radius 1 is 1.03 bits per heavy atom. The number of thioether (sulfide) groups is 1. The van der Waals surface area contributed by atoms with Gasteiger partial charge in [-0.25, -0.2) is 0 Å². The van der Waals surface area contributed by atoms with E-state index in [1.807, 2.05) is 11.8 Å². The number of hydrogen-bond donors (Lipinski definition) is 0. The molecule has 1 atom stereocenters. The van der Waals surface area contributed by atoms with Crippen molar-refractivity contribution in [2.24, 2.45) is 0 Å². The van der Waals surface area contributed by atoms with E-state index < -0.39 is 0 Å².